The number of hydrogen-bond donors (Lipinski definition) is 2. The molecule has 0 aromatic heterocycles. The van der Waals surface area contributed by atoms with Gasteiger partial charge in [-0.1, -0.05) is 32.0 Å². The summed E-state index contributed by atoms with van der Waals surface area (Å²) in [6.45, 7) is 6.43. The fourth-order valence-corrected chi connectivity index (χ4v) is 4.76. The van der Waals surface area contributed by atoms with E-state index in [-0.39, 0.29) is 4.75 Å². The Labute approximate surface area is 114 Å². The van der Waals surface area contributed by atoms with E-state index in [9.17, 15) is 5.11 Å². The van der Waals surface area contributed by atoms with Gasteiger partial charge >= 0.3 is 0 Å². The second-order valence-electron chi connectivity index (χ2n) is 6.67. The van der Waals surface area contributed by atoms with Crippen LogP contribution in [-0.4, -0.2) is 27.3 Å². The Morgan fingerprint density at radius 3 is 2.67 bits per heavy atom. The molecule has 0 saturated heterocycles. The summed E-state index contributed by atoms with van der Waals surface area (Å²) in [4.78, 5) is 4.43. The molecule has 2 bridgehead atoms. The van der Waals surface area contributed by atoms with E-state index in [1.54, 1.807) is 11.8 Å². The van der Waals surface area contributed by atoms with Crippen molar-refractivity contribution in [3.8, 4) is 0 Å². The summed E-state index contributed by atoms with van der Waals surface area (Å²) >= 11 is 1.73. The van der Waals surface area contributed by atoms with E-state index in [1.165, 1.54) is 25.7 Å². The van der Waals surface area contributed by atoms with E-state index < -0.39 is 6.23 Å². The Hall–Kier alpha value is -0.220. The zero-order chi connectivity index (χ0) is 12.9. The number of rotatable bonds is 2. The van der Waals surface area contributed by atoms with Gasteiger partial charge in [-0.2, -0.15) is 0 Å². The third kappa shape index (κ3) is 1.97. The van der Waals surface area contributed by atoms with Crippen molar-refractivity contribution in [2.75, 3.05) is 0 Å². The Morgan fingerprint density at radius 1 is 1.39 bits per heavy atom. The topological polar surface area (TPSA) is 44.6 Å². The summed E-state index contributed by atoms with van der Waals surface area (Å²) in [7, 11) is 0. The summed E-state index contributed by atoms with van der Waals surface area (Å²) in [6, 6.07) is 0.608. The second-order valence-corrected chi connectivity index (χ2v) is 8.14. The molecule has 1 heterocycles. The van der Waals surface area contributed by atoms with Gasteiger partial charge in [0.1, 0.15) is 0 Å². The van der Waals surface area contributed by atoms with Crippen LogP contribution in [0.1, 0.15) is 46.5 Å². The Balaban J connectivity index is 1.63. The Bertz CT molecular complexity index is 371. The van der Waals surface area contributed by atoms with Gasteiger partial charge < -0.3 is 10.4 Å². The van der Waals surface area contributed by atoms with Gasteiger partial charge in [0.05, 0.1) is 4.75 Å². The van der Waals surface area contributed by atoms with Crippen LogP contribution < -0.4 is 5.32 Å². The zero-order valence-electron chi connectivity index (χ0n) is 11.5. The van der Waals surface area contributed by atoms with Crippen LogP contribution in [0.5, 0.6) is 0 Å². The maximum absolute atomic E-state index is 10.1. The van der Waals surface area contributed by atoms with Crippen molar-refractivity contribution in [1.82, 2.24) is 5.32 Å². The van der Waals surface area contributed by atoms with Crippen LogP contribution in [0.15, 0.2) is 4.99 Å². The number of hydrogen-bond acceptors (Lipinski definition) is 4. The minimum Gasteiger partial charge on any atom is -0.370 e. The molecular weight excluding hydrogens is 244 g/mol. The molecule has 0 aromatic carbocycles. The van der Waals surface area contributed by atoms with Gasteiger partial charge in [-0.3, -0.25) is 0 Å². The maximum Gasteiger partial charge on any atom is 0.163 e. The predicted molar refractivity (Wildman–Crippen MR) is 76.6 cm³/mol. The first kappa shape index (κ1) is 12.8. The minimum absolute atomic E-state index is 0.167. The number of fused-ring (bicyclic) bond motifs is 2. The highest BCUT2D eigenvalue weighted by Crippen LogP contribution is 2.46. The molecule has 0 aromatic rings. The molecule has 2 aliphatic carbocycles. The van der Waals surface area contributed by atoms with E-state index in [0.29, 0.717) is 12.0 Å². The molecule has 1 aliphatic heterocycles. The van der Waals surface area contributed by atoms with Crippen molar-refractivity contribution in [3.05, 3.63) is 0 Å². The molecule has 4 heteroatoms. The van der Waals surface area contributed by atoms with E-state index in [1.807, 2.05) is 0 Å². The van der Waals surface area contributed by atoms with E-state index in [0.717, 1.165) is 17.0 Å². The molecule has 3 rings (SSSR count). The van der Waals surface area contributed by atoms with Crippen LogP contribution in [0.3, 0.4) is 0 Å². The first-order chi connectivity index (χ1) is 8.49. The first-order valence-corrected chi connectivity index (χ1v) is 8.02. The van der Waals surface area contributed by atoms with Crippen molar-refractivity contribution < 1.29 is 5.11 Å². The number of amidine groups is 1. The lowest BCUT2D eigenvalue weighted by Crippen LogP contribution is -2.39. The Morgan fingerprint density at radius 2 is 2.17 bits per heavy atom. The summed E-state index contributed by atoms with van der Waals surface area (Å²) in [5, 5.41) is 14.7. The van der Waals surface area contributed by atoms with Crippen LogP contribution in [-0.2, 0) is 0 Å². The third-order valence-corrected chi connectivity index (χ3v) is 6.80. The molecule has 0 radical (unpaired) electrons. The van der Waals surface area contributed by atoms with Crippen molar-refractivity contribution in [3.63, 3.8) is 0 Å². The van der Waals surface area contributed by atoms with Crippen molar-refractivity contribution in [2.24, 2.45) is 22.7 Å². The molecular formula is C14H24N2OS. The summed E-state index contributed by atoms with van der Waals surface area (Å²) < 4.78 is -0.167. The average molecular weight is 268 g/mol. The quantitative estimate of drug-likeness (QED) is 0.809. The highest BCUT2D eigenvalue weighted by molar-refractivity contribution is 8.15. The molecule has 0 amide bonds. The number of nitrogens with zero attached hydrogens (tertiary/aromatic N) is 1. The SMILES string of the molecule is CC(C)C1(C)SC(NC2CC3CCC2C3)=NC1O. The molecule has 2 saturated carbocycles. The molecule has 3 aliphatic rings. The fraction of sp³-hybridized carbons (Fsp3) is 0.929. The first-order valence-electron chi connectivity index (χ1n) is 7.20. The van der Waals surface area contributed by atoms with Crippen LogP contribution in [0.25, 0.3) is 0 Å². The Kier molecular flexibility index (Phi) is 3.14. The van der Waals surface area contributed by atoms with Crippen molar-refractivity contribution in [1.29, 1.82) is 0 Å². The summed E-state index contributed by atoms with van der Waals surface area (Å²) in [5.41, 5.74) is 0. The van der Waals surface area contributed by atoms with Gasteiger partial charge in [0.25, 0.3) is 0 Å². The number of aliphatic hydroxyl groups is 1. The highest BCUT2D eigenvalue weighted by Gasteiger charge is 2.45. The lowest BCUT2D eigenvalue weighted by molar-refractivity contribution is 0.126. The molecule has 5 unspecified atom stereocenters. The van der Waals surface area contributed by atoms with Gasteiger partial charge in [0.2, 0.25) is 0 Å². The van der Waals surface area contributed by atoms with Gasteiger partial charge in [0, 0.05) is 6.04 Å². The minimum atomic E-state index is -0.566. The second kappa shape index (κ2) is 4.41. The van der Waals surface area contributed by atoms with E-state index in [4.69, 9.17) is 0 Å². The third-order valence-electron chi connectivity index (χ3n) is 5.26. The molecule has 5 atom stereocenters. The molecule has 0 spiro atoms. The number of thioether (sulfide) groups is 1. The summed E-state index contributed by atoms with van der Waals surface area (Å²) in [6.07, 6.45) is 4.95. The highest BCUT2D eigenvalue weighted by atomic mass is 32.2. The standard InChI is InChI=1S/C14H24N2OS/c1-8(2)14(3)12(17)16-13(18-14)15-11-7-9-4-5-10(11)6-9/h8-12,17H,4-7H2,1-3H3,(H,15,16). The van der Waals surface area contributed by atoms with E-state index >= 15 is 0 Å². The number of nitrogens with one attached hydrogen (secondary N) is 1. The van der Waals surface area contributed by atoms with Gasteiger partial charge in [-0.05, 0) is 43.9 Å². The van der Waals surface area contributed by atoms with E-state index in [2.05, 4.69) is 31.1 Å². The fourth-order valence-electron chi connectivity index (χ4n) is 3.59. The van der Waals surface area contributed by atoms with Gasteiger partial charge in [-0.15, -0.1) is 0 Å². The van der Waals surface area contributed by atoms with Gasteiger partial charge in [-0.25, -0.2) is 4.99 Å². The lowest BCUT2D eigenvalue weighted by Gasteiger charge is -2.30. The number of aliphatic imine (C=N–C) groups is 1. The molecule has 18 heavy (non-hydrogen) atoms. The normalized spacial score (nSPS) is 46.8. The molecule has 2 fully saturated rings. The summed E-state index contributed by atoms with van der Waals surface area (Å²) in [5.74, 6) is 2.21. The molecule has 2 N–H and O–H groups in total. The van der Waals surface area contributed by atoms with Crippen molar-refractivity contribution >= 4 is 16.9 Å². The van der Waals surface area contributed by atoms with Crippen molar-refractivity contribution in [2.45, 2.75) is 63.5 Å². The maximum atomic E-state index is 10.1. The van der Waals surface area contributed by atoms with Crippen LogP contribution in [0, 0.1) is 17.8 Å². The largest absolute Gasteiger partial charge is 0.370 e. The average Bonchev–Trinajstić information content (AvgIpc) is 2.95. The lowest BCUT2D eigenvalue weighted by atomic mass is 9.95. The smallest absolute Gasteiger partial charge is 0.163 e. The van der Waals surface area contributed by atoms with Crippen LogP contribution in [0.2, 0.25) is 0 Å². The zero-order valence-corrected chi connectivity index (χ0v) is 12.3. The molecule has 3 nitrogen and oxygen atoms in total. The van der Waals surface area contributed by atoms with Crippen LogP contribution in [0.4, 0.5) is 0 Å². The van der Waals surface area contributed by atoms with Crippen LogP contribution >= 0.6 is 11.8 Å². The predicted octanol–water partition coefficient (Wildman–Crippen LogP) is 2.60. The number of aliphatic hydroxyl groups excluding tert-OH is 1. The monoisotopic (exact) mass is 268 g/mol. The van der Waals surface area contributed by atoms with Gasteiger partial charge in [0.15, 0.2) is 11.4 Å². The molecule has 102 valence electrons.